The topological polar surface area (TPSA) is 29.1 Å². The highest BCUT2D eigenvalue weighted by atomic mass is 16.1. The number of carbonyl (C=O) groups excluding carboxylic acids is 1. The fourth-order valence-corrected chi connectivity index (χ4v) is 2.10. The van der Waals surface area contributed by atoms with E-state index in [1.807, 2.05) is 0 Å². The molecule has 1 heterocycles. The average Bonchev–Trinajstić information content (AvgIpc) is 2.18. The van der Waals surface area contributed by atoms with Gasteiger partial charge >= 0.3 is 0 Å². The van der Waals surface area contributed by atoms with Crippen molar-refractivity contribution in [2.75, 3.05) is 6.54 Å². The van der Waals surface area contributed by atoms with Crippen LogP contribution in [0.1, 0.15) is 58.8 Å². The van der Waals surface area contributed by atoms with Gasteiger partial charge in [0, 0.05) is 13.0 Å². The molecule has 0 aliphatic carbocycles. The van der Waals surface area contributed by atoms with Crippen molar-refractivity contribution < 1.29 is 4.79 Å². The summed E-state index contributed by atoms with van der Waals surface area (Å²) >= 11 is 0. The molecule has 0 aromatic carbocycles. The van der Waals surface area contributed by atoms with E-state index < -0.39 is 0 Å². The number of rotatable bonds is 5. The van der Waals surface area contributed by atoms with Crippen LogP contribution in [0, 0.1) is 5.41 Å². The molecule has 0 saturated carbocycles. The number of unbranched alkanes of at least 4 members (excludes halogenated alkanes) is 3. The third kappa shape index (κ3) is 3.69. The smallest absolute Gasteiger partial charge is 0.220 e. The fourth-order valence-electron chi connectivity index (χ4n) is 2.10. The highest BCUT2D eigenvalue weighted by molar-refractivity contribution is 5.76. The first kappa shape index (κ1) is 11.5. The van der Waals surface area contributed by atoms with Gasteiger partial charge in [-0.1, -0.05) is 39.5 Å². The van der Waals surface area contributed by atoms with Crippen molar-refractivity contribution in [3.8, 4) is 0 Å². The third-order valence-corrected chi connectivity index (χ3v) is 3.30. The summed E-state index contributed by atoms with van der Waals surface area (Å²) in [5.74, 6) is 0.232. The van der Waals surface area contributed by atoms with Crippen LogP contribution in [0.2, 0.25) is 0 Å². The lowest BCUT2D eigenvalue weighted by molar-refractivity contribution is -0.124. The van der Waals surface area contributed by atoms with Crippen LogP contribution in [0.15, 0.2) is 0 Å². The Hall–Kier alpha value is -0.530. The minimum atomic E-state index is 0.232. The molecule has 0 aromatic heterocycles. The zero-order chi connectivity index (χ0) is 10.4. The van der Waals surface area contributed by atoms with E-state index in [2.05, 4.69) is 19.2 Å². The van der Waals surface area contributed by atoms with E-state index in [-0.39, 0.29) is 5.91 Å². The second-order valence-electron chi connectivity index (χ2n) is 4.90. The summed E-state index contributed by atoms with van der Waals surface area (Å²) in [7, 11) is 0. The lowest BCUT2D eigenvalue weighted by Crippen LogP contribution is -2.41. The SMILES string of the molecule is CCCCCCC1(C)CCC(=O)NC1. The van der Waals surface area contributed by atoms with Gasteiger partial charge in [0.2, 0.25) is 5.91 Å². The van der Waals surface area contributed by atoms with Gasteiger partial charge < -0.3 is 5.32 Å². The molecular weight excluding hydrogens is 174 g/mol. The van der Waals surface area contributed by atoms with Crippen LogP contribution in [0.25, 0.3) is 0 Å². The number of nitrogens with one attached hydrogen (secondary N) is 1. The molecule has 82 valence electrons. The molecular formula is C12H23NO. The quantitative estimate of drug-likeness (QED) is 0.675. The van der Waals surface area contributed by atoms with Gasteiger partial charge in [0.1, 0.15) is 0 Å². The Kier molecular flexibility index (Phi) is 4.43. The third-order valence-electron chi connectivity index (χ3n) is 3.30. The summed E-state index contributed by atoms with van der Waals surface area (Å²) in [6.07, 6.45) is 8.39. The number of piperidine rings is 1. The predicted octanol–water partition coefficient (Wildman–Crippen LogP) is 2.87. The van der Waals surface area contributed by atoms with Gasteiger partial charge in [0.15, 0.2) is 0 Å². The monoisotopic (exact) mass is 197 g/mol. The molecule has 14 heavy (non-hydrogen) atoms. The standard InChI is InChI=1S/C12H23NO/c1-3-4-5-6-8-12(2)9-7-11(14)13-10-12/h3-10H2,1-2H3,(H,13,14). The highest BCUT2D eigenvalue weighted by Crippen LogP contribution is 2.31. The molecule has 2 heteroatoms. The van der Waals surface area contributed by atoms with Crippen molar-refractivity contribution in [3.05, 3.63) is 0 Å². The Labute approximate surface area is 87.5 Å². The van der Waals surface area contributed by atoms with Crippen molar-refractivity contribution in [2.24, 2.45) is 5.41 Å². The maximum atomic E-state index is 11.0. The number of hydrogen-bond donors (Lipinski definition) is 1. The molecule has 1 fully saturated rings. The first-order valence-electron chi connectivity index (χ1n) is 5.93. The largest absolute Gasteiger partial charge is 0.356 e. The van der Waals surface area contributed by atoms with Gasteiger partial charge in [-0.25, -0.2) is 0 Å². The summed E-state index contributed by atoms with van der Waals surface area (Å²) in [5, 5.41) is 2.97. The Morgan fingerprint density at radius 2 is 2.14 bits per heavy atom. The van der Waals surface area contributed by atoms with E-state index in [0.717, 1.165) is 19.4 Å². The molecule has 1 atom stereocenters. The van der Waals surface area contributed by atoms with Gasteiger partial charge in [-0.3, -0.25) is 4.79 Å². The summed E-state index contributed by atoms with van der Waals surface area (Å²) in [6, 6.07) is 0. The Balaban J connectivity index is 2.18. The normalized spacial score (nSPS) is 27.4. The molecule has 1 N–H and O–H groups in total. The molecule has 1 aliphatic rings. The predicted molar refractivity (Wildman–Crippen MR) is 59.1 cm³/mol. The zero-order valence-electron chi connectivity index (χ0n) is 9.57. The van der Waals surface area contributed by atoms with Crippen LogP contribution in [-0.4, -0.2) is 12.5 Å². The Morgan fingerprint density at radius 3 is 2.71 bits per heavy atom. The molecule has 1 aliphatic heterocycles. The summed E-state index contributed by atoms with van der Waals surface area (Å²) < 4.78 is 0. The molecule has 0 bridgehead atoms. The molecule has 1 rings (SSSR count). The number of hydrogen-bond acceptors (Lipinski definition) is 1. The van der Waals surface area contributed by atoms with Gasteiger partial charge in [0.05, 0.1) is 0 Å². The number of amides is 1. The second-order valence-corrected chi connectivity index (χ2v) is 4.90. The molecule has 2 nitrogen and oxygen atoms in total. The molecule has 1 amide bonds. The van der Waals surface area contributed by atoms with Crippen LogP contribution in [0.3, 0.4) is 0 Å². The van der Waals surface area contributed by atoms with Crippen LogP contribution in [0.5, 0.6) is 0 Å². The van der Waals surface area contributed by atoms with Gasteiger partial charge in [-0.2, -0.15) is 0 Å². The molecule has 0 spiro atoms. The van der Waals surface area contributed by atoms with Crippen molar-refractivity contribution in [2.45, 2.75) is 58.8 Å². The Morgan fingerprint density at radius 1 is 1.36 bits per heavy atom. The molecule has 1 saturated heterocycles. The van der Waals surface area contributed by atoms with E-state index >= 15 is 0 Å². The van der Waals surface area contributed by atoms with Gasteiger partial charge in [-0.15, -0.1) is 0 Å². The minimum Gasteiger partial charge on any atom is -0.356 e. The maximum Gasteiger partial charge on any atom is 0.220 e. The first-order chi connectivity index (χ1) is 6.66. The Bertz CT molecular complexity index is 179. The maximum absolute atomic E-state index is 11.0. The van der Waals surface area contributed by atoms with Crippen molar-refractivity contribution in [3.63, 3.8) is 0 Å². The van der Waals surface area contributed by atoms with Crippen LogP contribution < -0.4 is 5.32 Å². The lowest BCUT2D eigenvalue weighted by Gasteiger charge is -2.33. The van der Waals surface area contributed by atoms with E-state index in [9.17, 15) is 4.79 Å². The summed E-state index contributed by atoms with van der Waals surface area (Å²) in [5.41, 5.74) is 0.377. The second kappa shape index (κ2) is 5.38. The van der Waals surface area contributed by atoms with Crippen LogP contribution in [-0.2, 0) is 4.79 Å². The fraction of sp³-hybridized carbons (Fsp3) is 0.917. The average molecular weight is 197 g/mol. The minimum absolute atomic E-state index is 0.232. The molecule has 1 unspecified atom stereocenters. The molecule has 0 radical (unpaired) electrons. The lowest BCUT2D eigenvalue weighted by atomic mass is 9.78. The zero-order valence-corrected chi connectivity index (χ0v) is 9.57. The van der Waals surface area contributed by atoms with Crippen molar-refractivity contribution >= 4 is 5.91 Å². The van der Waals surface area contributed by atoms with Gasteiger partial charge in [0.25, 0.3) is 0 Å². The highest BCUT2D eigenvalue weighted by Gasteiger charge is 2.28. The van der Waals surface area contributed by atoms with Crippen LogP contribution in [0.4, 0.5) is 0 Å². The molecule has 0 aromatic rings. The van der Waals surface area contributed by atoms with Gasteiger partial charge in [-0.05, 0) is 18.3 Å². The summed E-state index contributed by atoms with van der Waals surface area (Å²) in [6.45, 7) is 5.43. The van der Waals surface area contributed by atoms with Crippen molar-refractivity contribution in [1.82, 2.24) is 5.32 Å². The van der Waals surface area contributed by atoms with Crippen LogP contribution >= 0.6 is 0 Å². The van der Waals surface area contributed by atoms with E-state index in [0.29, 0.717) is 5.41 Å². The van der Waals surface area contributed by atoms with E-state index in [1.54, 1.807) is 0 Å². The first-order valence-corrected chi connectivity index (χ1v) is 5.93. The van der Waals surface area contributed by atoms with Crippen molar-refractivity contribution in [1.29, 1.82) is 0 Å². The van der Waals surface area contributed by atoms with E-state index in [1.165, 1.54) is 32.1 Å². The van der Waals surface area contributed by atoms with E-state index in [4.69, 9.17) is 0 Å². The summed E-state index contributed by atoms with van der Waals surface area (Å²) in [4.78, 5) is 11.0. The number of carbonyl (C=O) groups is 1.